The van der Waals surface area contributed by atoms with Crippen LogP contribution in [0.1, 0.15) is 24.0 Å². The highest BCUT2D eigenvalue weighted by atomic mass is 32.2. The third-order valence-electron chi connectivity index (χ3n) is 4.18. The predicted molar refractivity (Wildman–Crippen MR) is 113 cm³/mol. The van der Waals surface area contributed by atoms with Crippen LogP contribution in [0.15, 0.2) is 65.7 Å². The number of aliphatic imine (C=N–C) groups is 1. The Morgan fingerprint density at radius 3 is 2.22 bits per heavy atom. The molecule has 2 aromatic carbocycles. The van der Waals surface area contributed by atoms with Gasteiger partial charge in [0.1, 0.15) is 9.84 Å². The van der Waals surface area contributed by atoms with Crippen molar-refractivity contribution >= 4 is 15.8 Å². The van der Waals surface area contributed by atoms with Gasteiger partial charge in [-0.3, -0.25) is 4.99 Å². The lowest BCUT2D eigenvalue weighted by molar-refractivity contribution is 0.600. The fourth-order valence-electron chi connectivity index (χ4n) is 2.81. The highest BCUT2D eigenvalue weighted by Crippen LogP contribution is 2.21. The van der Waals surface area contributed by atoms with Crippen LogP contribution in [0.5, 0.6) is 0 Å². The Bertz CT molecular complexity index is 806. The Labute approximate surface area is 162 Å². The maximum Gasteiger partial charge on any atom is 0.191 e. The highest BCUT2D eigenvalue weighted by molar-refractivity contribution is 7.90. The van der Waals surface area contributed by atoms with Crippen LogP contribution in [-0.4, -0.2) is 46.0 Å². The largest absolute Gasteiger partial charge is 0.357 e. The van der Waals surface area contributed by atoms with Crippen molar-refractivity contribution < 1.29 is 8.42 Å². The second-order valence-corrected chi connectivity index (χ2v) is 8.83. The van der Waals surface area contributed by atoms with Crippen molar-refractivity contribution in [3.8, 4) is 0 Å². The van der Waals surface area contributed by atoms with Gasteiger partial charge >= 0.3 is 0 Å². The number of rotatable bonds is 9. The number of nitrogens with zero attached hydrogens (tertiary/aromatic N) is 1. The topological polar surface area (TPSA) is 70.6 Å². The molecule has 27 heavy (non-hydrogen) atoms. The lowest BCUT2D eigenvalue weighted by Crippen LogP contribution is -2.39. The van der Waals surface area contributed by atoms with E-state index in [1.54, 1.807) is 0 Å². The number of guanidine groups is 1. The van der Waals surface area contributed by atoms with E-state index in [4.69, 9.17) is 4.99 Å². The maximum atomic E-state index is 11.3. The van der Waals surface area contributed by atoms with Gasteiger partial charge in [-0.2, -0.15) is 0 Å². The van der Waals surface area contributed by atoms with Crippen molar-refractivity contribution in [3.63, 3.8) is 0 Å². The minimum atomic E-state index is -2.99. The molecule has 5 nitrogen and oxygen atoms in total. The molecule has 1 atom stereocenters. The van der Waals surface area contributed by atoms with Crippen molar-refractivity contribution in [2.24, 2.45) is 4.99 Å². The smallest absolute Gasteiger partial charge is 0.191 e. The number of sulfone groups is 1. The lowest BCUT2D eigenvalue weighted by atomic mass is 9.92. The minimum Gasteiger partial charge on any atom is -0.357 e. The average Bonchev–Trinajstić information content (AvgIpc) is 2.65. The van der Waals surface area contributed by atoms with E-state index in [2.05, 4.69) is 47.0 Å². The minimum absolute atomic E-state index is 0.0868. The van der Waals surface area contributed by atoms with Crippen molar-refractivity contribution in [3.05, 3.63) is 71.8 Å². The Hall–Kier alpha value is -2.34. The average molecular weight is 388 g/mol. The first-order valence-electron chi connectivity index (χ1n) is 9.26. The number of nitrogens with one attached hydrogen (secondary N) is 2. The van der Waals surface area contributed by atoms with E-state index in [1.807, 2.05) is 31.2 Å². The van der Waals surface area contributed by atoms with Gasteiger partial charge in [0, 0.05) is 31.8 Å². The zero-order valence-corrected chi connectivity index (χ0v) is 16.9. The molecule has 0 saturated heterocycles. The Morgan fingerprint density at radius 2 is 1.63 bits per heavy atom. The molecule has 0 radical (unpaired) electrons. The summed E-state index contributed by atoms with van der Waals surface area (Å²) in [6.45, 7) is 3.68. The Morgan fingerprint density at radius 1 is 1.00 bits per heavy atom. The van der Waals surface area contributed by atoms with Gasteiger partial charge in [0.05, 0.1) is 5.75 Å². The first-order valence-corrected chi connectivity index (χ1v) is 11.3. The fraction of sp³-hybridized carbons (Fsp3) is 0.381. The molecule has 0 aliphatic rings. The number of benzene rings is 2. The molecular formula is C21H29N3O2S. The highest BCUT2D eigenvalue weighted by Gasteiger charge is 2.13. The first-order chi connectivity index (χ1) is 13.0. The molecule has 0 aliphatic carbocycles. The monoisotopic (exact) mass is 387 g/mol. The second-order valence-electron chi connectivity index (χ2n) is 6.57. The van der Waals surface area contributed by atoms with Gasteiger partial charge < -0.3 is 10.6 Å². The second kappa shape index (κ2) is 10.7. The van der Waals surface area contributed by atoms with Crippen LogP contribution >= 0.6 is 0 Å². The number of hydrogen-bond donors (Lipinski definition) is 2. The summed E-state index contributed by atoms with van der Waals surface area (Å²) in [4.78, 5) is 4.71. The predicted octanol–water partition coefficient (Wildman–Crippen LogP) is 2.61. The van der Waals surface area contributed by atoms with Crippen LogP contribution in [0.4, 0.5) is 0 Å². The van der Waals surface area contributed by atoms with Crippen molar-refractivity contribution in [2.45, 2.75) is 19.3 Å². The molecule has 0 spiro atoms. The van der Waals surface area contributed by atoms with Crippen molar-refractivity contribution in [1.82, 2.24) is 10.6 Å². The quantitative estimate of drug-likeness (QED) is 0.513. The van der Waals surface area contributed by atoms with Crippen molar-refractivity contribution in [2.75, 3.05) is 31.6 Å². The molecule has 1 unspecified atom stereocenters. The summed E-state index contributed by atoms with van der Waals surface area (Å²) in [6, 6.07) is 20.8. The van der Waals surface area contributed by atoms with Gasteiger partial charge in [-0.15, -0.1) is 0 Å². The van der Waals surface area contributed by atoms with Crippen LogP contribution in [0.2, 0.25) is 0 Å². The standard InChI is InChI=1S/C21H29N3O2S/c1-3-22-21(23-14-15-27(2,25)26)24-17-20(19-12-8-5-9-13-19)16-18-10-6-4-7-11-18/h4-13,20H,3,14-17H2,1-2H3,(H2,22,23,24). The molecule has 0 aromatic heterocycles. The van der Waals surface area contributed by atoms with E-state index < -0.39 is 9.84 Å². The van der Waals surface area contributed by atoms with E-state index in [0.29, 0.717) is 19.0 Å². The van der Waals surface area contributed by atoms with Crippen LogP contribution < -0.4 is 10.6 Å². The SMILES string of the molecule is CCNC(=NCC(Cc1ccccc1)c1ccccc1)NCCS(C)(=O)=O. The molecule has 0 heterocycles. The first kappa shape index (κ1) is 21.0. The van der Waals surface area contributed by atoms with Gasteiger partial charge in [0.2, 0.25) is 0 Å². The van der Waals surface area contributed by atoms with Crippen LogP contribution in [0.25, 0.3) is 0 Å². The molecule has 0 bridgehead atoms. The van der Waals surface area contributed by atoms with Crippen LogP contribution in [0, 0.1) is 0 Å². The van der Waals surface area contributed by atoms with E-state index in [0.717, 1.165) is 13.0 Å². The summed E-state index contributed by atoms with van der Waals surface area (Å²) >= 11 is 0. The van der Waals surface area contributed by atoms with E-state index >= 15 is 0 Å². The molecule has 2 N–H and O–H groups in total. The van der Waals surface area contributed by atoms with E-state index in [1.165, 1.54) is 17.4 Å². The van der Waals surface area contributed by atoms with Gasteiger partial charge in [-0.05, 0) is 24.5 Å². The van der Waals surface area contributed by atoms with E-state index in [-0.39, 0.29) is 11.7 Å². The van der Waals surface area contributed by atoms with Crippen molar-refractivity contribution in [1.29, 1.82) is 0 Å². The van der Waals surface area contributed by atoms with Gasteiger partial charge in [-0.1, -0.05) is 60.7 Å². The molecule has 0 fully saturated rings. The third kappa shape index (κ3) is 8.26. The molecule has 2 aromatic rings. The summed E-state index contributed by atoms with van der Waals surface area (Å²) in [6.07, 6.45) is 2.14. The summed E-state index contributed by atoms with van der Waals surface area (Å²) in [5, 5.41) is 6.29. The normalized spacial score (nSPS) is 13.2. The zero-order valence-electron chi connectivity index (χ0n) is 16.1. The van der Waals surface area contributed by atoms with Gasteiger partial charge in [0.15, 0.2) is 5.96 Å². The molecule has 0 aliphatic heterocycles. The van der Waals surface area contributed by atoms with E-state index in [9.17, 15) is 8.42 Å². The Kier molecular flexibility index (Phi) is 8.33. The Balaban J connectivity index is 2.10. The summed E-state index contributed by atoms with van der Waals surface area (Å²) in [5.41, 5.74) is 2.52. The third-order valence-corrected chi connectivity index (χ3v) is 5.12. The van der Waals surface area contributed by atoms with Gasteiger partial charge in [-0.25, -0.2) is 8.42 Å². The molecule has 0 saturated carbocycles. The lowest BCUT2D eigenvalue weighted by Gasteiger charge is -2.17. The molecule has 146 valence electrons. The van der Waals surface area contributed by atoms with Crippen LogP contribution in [0.3, 0.4) is 0 Å². The summed E-state index contributed by atoms with van der Waals surface area (Å²) in [5.74, 6) is 0.984. The fourth-order valence-corrected chi connectivity index (χ4v) is 3.28. The molecule has 0 amide bonds. The summed E-state index contributed by atoms with van der Waals surface area (Å²) < 4.78 is 22.6. The maximum absolute atomic E-state index is 11.3. The summed E-state index contributed by atoms with van der Waals surface area (Å²) in [7, 11) is -2.99. The molecule has 2 rings (SSSR count). The molecular weight excluding hydrogens is 358 g/mol. The molecule has 6 heteroatoms. The van der Waals surface area contributed by atoms with Gasteiger partial charge in [0.25, 0.3) is 0 Å². The number of hydrogen-bond acceptors (Lipinski definition) is 3. The van der Waals surface area contributed by atoms with Crippen LogP contribution in [-0.2, 0) is 16.3 Å². The zero-order chi connectivity index (χ0) is 19.5.